The normalized spacial score (nSPS) is 26.6. The predicted octanol–water partition coefficient (Wildman–Crippen LogP) is 0.550. The van der Waals surface area contributed by atoms with Crippen LogP contribution in [-0.4, -0.2) is 22.6 Å². The van der Waals surface area contributed by atoms with Gasteiger partial charge in [-0.2, -0.15) is 4.98 Å². The number of hydrogen-bond acceptors (Lipinski definition) is 4. The van der Waals surface area contributed by atoms with Crippen LogP contribution in [0.25, 0.3) is 0 Å². The highest BCUT2D eigenvalue weighted by molar-refractivity contribution is 5.79. The van der Waals surface area contributed by atoms with E-state index in [9.17, 15) is 4.79 Å². The number of carbonyl (C=O) groups excluding carboxylic acids is 1. The molecule has 3 rings (SSSR count). The largest absolute Gasteiger partial charge is 0.355 e. The van der Waals surface area contributed by atoms with Gasteiger partial charge in [0.15, 0.2) is 5.82 Å². The van der Waals surface area contributed by atoms with Gasteiger partial charge in [-0.3, -0.25) is 4.79 Å². The summed E-state index contributed by atoms with van der Waals surface area (Å²) in [5.74, 6) is 2.10. The van der Waals surface area contributed by atoms with Crippen LogP contribution in [0.3, 0.4) is 0 Å². The van der Waals surface area contributed by atoms with Gasteiger partial charge in [-0.05, 0) is 12.8 Å². The molecule has 1 atom stereocenters. The Morgan fingerprint density at radius 1 is 1.36 bits per heavy atom. The molecule has 1 saturated carbocycles. The highest BCUT2D eigenvalue weighted by Crippen LogP contribution is 2.38. The van der Waals surface area contributed by atoms with Crippen LogP contribution < -0.4 is 5.32 Å². The molecule has 5 heteroatoms. The number of carbonyl (C=O) groups is 1. The Labute approximate surface area is 80.9 Å². The summed E-state index contributed by atoms with van der Waals surface area (Å²) in [7, 11) is 0. The molecule has 1 aliphatic carbocycles. The molecular weight excluding hydrogens is 182 g/mol. The van der Waals surface area contributed by atoms with Crippen LogP contribution >= 0.6 is 0 Å². The van der Waals surface area contributed by atoms with Gasteiger partial charge in [-0.15, -0.1) is 0 Å². The number of rotatable bonds is 2. The monoisotopic (exact) mass is 193 g/mol. The number of nitrogens with zero attached hydrogens (tertiary/aromatic N) is 2. The van der Waals surface area contributed by atoms with Gasteiger partial charge in [0.25, 0.3) is 0 Å². The third kappa shape index (κ3) is 1.29. The lowest BCUT2D eigenvalue weighted by Gasteiger charge is -1.96. The van der Waals surface area contributed by atoms with E-state index in [4.69, 9.17) is 4.52 Å². The van der Waals surface area contributed by atoms with Gasteiger partial charge in [0, 0.05) is 18.9 Å². The van der Waals surface area contributed by atoms with E-state index in [2.05, 4.69) is 15.5 Å². The Morgan fingerprint density at radius 2 is 2.21 bits per heavy atom. The van der Waals surface area contributed by atoms with Crippen molar-refractivity contribution in [3.05, 3.63) is 11.7 Å². The fraction of sp³-hybridized carbons (Fsp3) is 0.667. The van der Waals surface area contributed by atoms with Crippen LogP contribution in [0.15, 0.2) is 4.52 Å². The molecular formula is C9H11N3O2. The molecule has 1 unspecified atom stereocenters. The van der Waals surface area contributed by atoms with Gasteiger partial charge in [-0.25, -0.2) is 0 Å². The minimum atomic E-state index is 0.0705. The van der Waals surface area contributed by atoms with Gasteiger partial charge in [0.05, 0.1) is 5.92 Å². The average Bonchev–Trinajstić information content (AvgIpc) is 2.76. The Hall–Kier alpha value is -1.39. The van der Waals surface area contributed by atoms with Crippen molar-refractivity contribution in [2.45, 2.75) is 31.1 Å². The average molecular weight is 193 g/mol. The molecule has 0 bridgehead atoms. The van der Waals surface area contributed by atoms with Crippen LogP contribution in [0.1, 0.15) is 42.8 Å². The van der Waals surface area contributed by atoms with Gasteiger partial charge < -0.3 is 9.84 Å². The van der Waals surface area contributed by atoms with Crippen molar-refractivity contribution < 1.29 is 9.32 Å². The first kappa shape index (κ1) is 7.96. The minimum Gasteiger partial charge on any atom is -0.355 e. The van der Waals surface area contributed by atoms with Crippen LogP contribution in [0, 0.1) is 0 Å². The lowest BCUT2D eigenvalue weighted by Crippen LogP contribution is -2.13. The molecule has 1 aromatic rings. The van der Waals surface area contributed by atoms with Crippen molar-refractivity contribution in [3.63, 3.8) is 0 Å². The Kier molecular flexibility index (Phi) is 1.59. The SMILES string of the molecule is O=C1CC(c2nc(C3CC3)no2)CN1. The third-order valence-corrected chi connectivity index (χ3v) is 2.73. The van der Waals surface area contributed by atoms with E-state index in [1.54, 1.807) is 0 Å². The first-order valence-corrected chi connectivity index (χ1v) is 4.93. The highest BCUT2D eigenvalue weighted by atomic mass is 16.5. The summed E-state index contributed by atoms with van der Waals surface area (Å²) in [6.07, 6.45) is 2.81. The topological polar surface area (TPSA) is 68.0 Å². The van der Waals surface area contributed by atoms with E-state index >= 15 is 0 Å². The molecule has 14 heavy (non-hydrogen) atoms. The second-order valence-electron chi connectivity index (χ2n) is 3.97. The van der Waals surface area contributed by atoms with E-state index < -0.39 is 0 Å². The second-order valence-corrected chi connectivity index (χ2v) is 3.97. The molecule has 2 fully saturated rings. The molecule has 2 aliphatic rings. The standard InChI is InChI=1S/C9H11N3O2/c13-7-3-6(4-10-7)9-11-8(12-14-9)5-1-2-5/h5-6H,1-4H2,(H,10,13). The molecule has 2 heterocycles. The quantitative estimate of drug-likeness (QED) is 0.744. The molecule has 1 amide bonds. The number of amides is 1. The van der Waals surface area contributed by atoms with Crippen LogP contribution in [0.4, 0.5) is 0 Å². The van der Waals surface area contributed by atoms with Gasteiger partial charge in [-0.1, -0.05) is 5.16 Å². The smallest absolute Gasteiger partial charge is 0.232 e. The van der Waals surface area contributed by atoms with E-state index in [1.807, 2.05) is 0 Å². The summed E-state index contributed by atoms with van der Waals surface area (Å²) in [6.45, 7) is 0.630. The zero-order valence-corrected chi connectivity index (χ0v) is 7.69. The summed E-state index contributed by atoms with van der Waals surface area (Å²) in [4.78, 5) is 15.3. The van der Waals surface area contributed by atoms with E-state index in [0.717, 1.165) is 5.82 Å². The van der Waals surface area contributed by atoms with Crippen molar-refractivity contribution >= 4 is 5.91 Å². The molecule has 74 valence electrons. The van der Waals surface area contributed by atoms with Crippen molar-refractivity contribution in [2.24, 2.45) is 0 Å². The molecule has 0 aromatic carbocycles. The molecule has 0 radical (unpaired) electrons. The summed E-state index contributed by atoms with van der Waals surface area (Å²) in [6, 6.07) is 0. The van der Waals surface area contributed by atoms with Crippen LogP contribution in [0.5, 0.6) is 0 Å². The van der Waals surface area contributed by atoms with Crippen LogP contribution in [0.2, 0.25) is 0 Å². The molecule has 0 spiro atoms. The zero-order valence-electron chi connectivity index (χ0n) is 7.69. The lowest BCUT2D eigenvalue weighted by molar-refractivity contribution is -0.119. The van der Waals surface area contributed by atoms with Gasteiger partial charge in [0.1, 0.15) is 0 Å². The fourth-order valence-electron chi connectivity index (χ4n) is 1.70. The van der Waals surface area contributed by atoms with Crippen molar-refractivity contribution in [1.82, 2.24) is 15.5 Å². The summed E-state index contributed by atoms with van der Waals surface area (Å²) >= 11 is 0. The first-order chi connectivity index (χ1) is 6.83. The molecule has 1 aromatic heterocycles. The zero-order chi connectivity index (χ0) is 9.54. The Balaban J connectivity index is 1.78. The highest BCUT2D eigenvalue weighted by Gasteiger charge is 2.32. The fourth-order valence-corrected chi connectivity index (χ4v) is 1.70. The van der Waals surface area contributed by atoms with E-state index in [-0.39, 0.29) is 11.8 Å². The first-order valence-electron chi connectivity index (χ1n) is 4.93. The number of nitrogens with one attached hydrogen (secondary N) is 1. The summed E-state index contributed by atoms with van der Waals surface area (Å²) in [5.41, 5.74) is 0. The molecule has 1 N–H and O–H groups in total. The Bertz CT molecular complexity index is 370. The third-order valence-electron chi connectivity index (χ3n) is 2.73. The summed E-state index contributed by atoms with van der Waals surface area (Å²) < 4.78 is 5.14. The van der Waals surface area contributed by atoms with Crippen LogP contribution in [-0.2, 0) is 4.79 Å². The van der Waals surface area contributed by atoms with Crippen molar-refractivity contribution in [2.75, 3.05) is 6.54 Å². The minimum absolute atomic E-state index is 0.0705. The molecule has 5 nitrogen and oxygen atoms in total. The van der Waals surface area contributed by atoms with Gasteiger partial charge in [0.2, 0.25) is 11.8 Å². The molecule has 1 aliphatic heterocycles. The van der Waals surface area contributed by atoms with Gasteiger partial charge >= 0.3 is 0 Å². The second kappa shape index (κ2) is 2.80. The summed E-state index contributed by atoms with van der Waals surface area (Å²) in [5, 5.41) is 6.68. The number of hydrogen-bond donors (Lipinski definition) is 1. The maximum absolute atomic E-state index is 11.0. The van der Waals surface area contributed by atoms with E-state index in [1.165, 1.54) is 12.8 Å². The van der Waals surface area contributed by atoms with Crippen molar-refractivity contribution in [3.8, 4) is 0 Å². The maximum Gasteiger partial charge on any atom is 0.232 e. The lowest BCUT2D eigenvalue weighted by atomic mass is 10.1. The maximum atomic E-state index is 11.0. The Morgan fingerprint density at radius 3 is 2.86 bits per heavy atom. The van der Waals surface area contributed by atoms with E-state index in [0.29, 0.717) is 24.8 Å². The van der Waals surface area contributed by atoms with Crippen molar-refractivity contribution in [1.29, 1.82) is 0 Å². The predicted molar refractivity (Wildman–Crippen MR) is 46.6 cm³/mol. The molecule has 1 saturated heterocycles. The number of aromatic nitrogens is 2.